The summed E-state index contributed by atoms with van der Waals surface area (Å²) in [6.45, 7) is 6.26. The number of hydrogen-bond acceptors (Lipinski definition) is 2. The van der Waals surface area contributed by atoms with E-state index in [-0.39, 0.29) is 0 Å². The Morgan fingerprint density at radius 3 is 2.71 bits per heavy atom. The molecule has 0 saturated heterocycles. The molecule has 1 atom stereocenters. The van der Waals surface area contributed by atoms with Crippen LogP contribution in [0.3, 0.4) is 0 Å². The second kappa shape index (κ2) is 9.27. The van der Waals surface area contributed by atoms with Crippen LogP contribution in [-0.4, -0.2) is 45.2 Å². The molecule has 1 aromatic rings. The van der Waals surface area contributed by atoms with E-state index < -0.39 is 0 Å². The molecule has 0 bridgehead atoms. The quantitative estimate of drug-likeness (QED) is 0.619. The number of aliphatic imine (C=N–C) groups is 1. The Balaban J connectivity index is 2.60. The highest BCUT2D eigenvalue weighted by atomic mass is 16.5. The standard InChI is InChI=1S/C17H29N3O/c1-6-7-12-20(4)17(18-3)19-13-14(2)15-10-8-9-11-16(15)21-5/h8-11,14H,6-7,12-13H2,1-5H3,(H,18,19). The Labute approximate surface area is 129 Å². The molecule has 0 spiro atoms. The first-order chi connectivity index (χ1) is 10.1. The molecular weight excluding hydrogens is 262 g/mol. The van der Waals surface area contributed by atoms with Gasteiger partial charge in [-0.2, -0.15) is 0 Å². The largest absolute Gasteiger partial charge is 0.496 e. The first-order valence-corrected chi connectivity index (χ1v) is 7.68. The van der Waals surface area contributed by atoms with Gasteiger partial charge in [0.2, 0.25) is 0 Å². The first-order valence-electron chi connectivity index (χ1n) is 7.68. The molecule has 1 rings (SSSR count). The molecule has 1 N–H and O–H groups in total. The lowest BCUT2D eigenvalue weighted by Crippen LogP contribution is -2.40. The van der Waals surface area contributed by atoms with Crippen LogP contribution < -0.4 is 10.1 Å². The monoisotopic (exact) mass is 291 g/mol. The van der Waals surface area contributed by atoms with Crippen molar-refractivity contribution in [3.05, 3.63) is 29.8 Å². The second-order valence-electron chi connectivity index (χ2n) is 5.35. The number of nitrogens with zero attached hydrogens (tertiary/aromatic N) is 2. The van der Waals surface area contributed by atoms with Crippen molar-refractivity contribution in [2.24, 2.45) is 4.99 Å². The Kier molecular flexibility index (Phi) is 7.65. The van der Waals surface area contributed by atoms with Crippen molar-refractivity contribution in [3.8, 4) is 5.75 Å². The molecule has 1 aromatic carbocycles. The molecule has 0 aliphatic rings. The summed E-state index contributed by atoms with van der Waals surface area (Å²) in [5.41, 5.74) is 1.22. The van der Waals surface area contributed by atoms with E-state index in [2.05, 4.69) is 48.2 Å². The van der Waals surface area contributed by atoms with E-state index in [1.165, 1.54) is 18.4 Å². The Bertz CT molecular complexity index is 445. The third kappa shape index (κ3) is 5.29. The number of ether oxygens (including phenoxy) is 1. The van der Waals surface area contributed by atoms with Gasteiger partial charge in [-0.15, -0.1) is 0 Å². The number of nitrogens with one attached hydrogen (secondary N) is 1. The topological polar surface area (TPSA) is 36.9 Å². The number of rotatable bonds is 7. The minimum absolute atomic E-state index is 0.359. The van der Waals surface area contributed by atoms with Gasteiger partial charge in [-0.1, -0.05) is 38.5 Å². The van der Waals surface area contributed by atoms with Gasteiger partial charge in [0.05, 0.1) is 7.11 Å². The van der Waals surface area contributed by atoms with Crippen LogP contribution in [-0.2, 0) is 0 Å². The van der Waals surface area contributed by atoms with E-state index in [4.69, 9.17) is 4.74 Å². The van der Waals surface area contributed by atoms with Crippen LogP contribution in [0.25, 0.3) is 0 Å². The molecule has 4 heteroatoms. The number of hydrogen-bond donors (Lipinski definition) is 1. The number of unbranched alkanes of at least 4 members (excludes halogenated alkanes) is 1. The number of methoxy groups -OCH3 is 1. The van der Waals surface area contributed by atoms with Crippen molar-refractivity contribution in [3.63, 3.8) is 0 Å². The SMILES string of the molecule is CCCCN(C)C(=NC)NCC(C)c1ccccc1OC. The maximum Gasteiger partial charge on any atom is 0.193 e. The second-order valence-corrected chi connectivity index (χ2v) is 5.35. The van der Waals surface area contributed by atoms with Gasteiger partial charge in [0.25, 0.3) is 0 Å². The predicted molar refractivity (Wildman–Crippen MR) is 90.3 cm³/mol. The van der Waals surface area contributed by atoms with Crippen molar-refractivity contribution in [1.29, 1.82) is 0 Å². The van der Waals surface area contributed by atoms with E-state index in [1.54, 1.807) is 7.11 Å². The van der Waals surface area contributed by atoms with Gasteiger partial charge in [0.15, 0.2) is 5.96 Å². The zero-order valence-corrected chi connectivity index (χ0v) is 14.0. The summed E-state index contributed by atoms with van der Waals surface area (Å²) in [6.07, 6.45) is 2.37. The smallest absolute Gasteiger partial charge is 0.193 e. The lowest BCUT2D eigenvalue weighted by Gasteiger charge is -2.24. The maximum absolute atomic E-state index is 5.43. The van der Waals surface area contributed by atoms with Crippen LogP contribution >= 0.6 is 0 Å². The summed E-state index contributed by atoms with van der Waals surface area (Å²) in [6, 6.07) is 8.18. The number of guanidine groups is 1. The van der Waals surface area contributed by atoms with Crippen LogP contribution in [0.2, 0.25) is 0 Å². The van der Waals surface area contributed by atoms with Gasteiger partial charge >= 0.3 is 0 Å². The molecule has 0 aliphatic heterocycles. The van der Waals surface area contributed by atoms with E-state index >= 15 is 0 Å². The van der Waals surface area contributed by atoms with Gasteiger partial charge in [-0.3, -0.25) is 4.99 Å². The van der Waals surface area contributed by atoms with Crippen molar-refractivity contribution in [2.45, 2.75) is 32.6 Å². The van der Waals surface area contributed by atoms with Crippen molar-refractivity contribution in [2.75, 3.05) is 34.3 Å². The first kappa shape index (κ1) is 17.3. The molecule has 0 saturated carbocycles. The Hall–Kier alpha value is -1.71. The molecule has 21 heavy (non-hydrogen) atoms. The minimum atomic E-state index is 0.359. The average molecular weight is 291 g/mol. The average Bonchev–Trinajstić information content (AvgIpc) is 2.53. The summed E-state index contributed by atoms with van der Waals surface area (Å²) < 4.78 is 5.43. The fourth-order valence-electron chi connectivity index (χ4n) is 2.31. The zero-order valence-electron chi connectivity index (χ0n) is 14.0. The van der Waals surface area contributed by atoms with E-state index in [0.717, 1.165) is 24.8 Å². The van der Waals surface area contributed by atoms with Crippen molar-refractivity contribution >= 4 is 5.96 Å². The highest BCUT2D eigenvalue weighted by molar-refractivity contribution is 5.79. The molecule has 0 aliphatic carbocycles. The van der Waals surface area contributed by atoms with E-state index in [9.17, 15) is 0 Å². The zero-order chi connectivity index (χ0) is 15.7. The van der Waals surface area contributed by atoms with Gasteiger partial charge in [0, 0.05) is 33.1 Å². The fraction of sp³-hybridized carbons (Fsp3) is 0.588. The van der Waals surface area contributed by atoms with E-state index in [1.807, 2.05) is 19.2 Å². The summed E-state index contributed by atoms with van der Waals surface area (Å²) in [7, 11) is 5.63. The molecular formula is C17H29N3O. The van der Waals surface area contributed by atoms with Crippen LogP contribution in [0.4, 0.5) is 0 Å². The highest BCUT2D eigenvalue weighted by Gasteiger charge is 2.12. The third-order valence-corrected chi connectivity index (χ3v) is 3.66. The molecule has 0 radical (unpaired) electrons. The number of para-hydroxylation sites is 1. The molecule has 0 heterocycles. The summed E-state index contributed by atoms with van der Waals surface area (Å²) in [5.74, 6) is 2.25. The summed E-state index contributed by atoms with van der Waals surface area (Å²) >= 11 is 0. The molecule has 0 amide bonds. The third-order valence-electron chi connectivity index (χ3n) is 3.66. The molecule has 0 fully saturated rings. The molecule has 118 valence electrons. The van der Waals surface area contributed by atoms with E-state index in [0.29, 0.717) is 5.92 Å². The summed E-state index contributed by atoms with van der Waals surface area (Å²) in [5, 5.41) is 3.45. The lowest BCUT2D eigenvalue weighted by atomic mass is 10.0. The molecule has 4 nitrogen and oxygen atoms in total. The normalized spacial score (nSPS) is 12.9. The number of benzene rings is 1. The lowest BCUT2D eigenvalue weighted by molar-refractivity contribution is 0.405. The summed E-state index contributed by atoms with van der Waals surface area (Å²) in [4.78, 5) is 6.53. The predicted octanol–water partition coefficient (Wildman–Crippen LogP) is 3.11. The Morgan fingerprint density at radius 1 is 1.38 bits per heavy atom. The Morgan fingerprint density at radius 2 is 2.10 bits per heavy atom. The van der Waals surface area contributed by atoms with Crippen LogP contribution in [0.5, 0.6) is 5.75 Å². The van der Waals surface area contributed by atoms with Crippen LogP contribution in [0.15, 0.2) is 29.3 Å². The van der Waals surface area contributed by atoms with Crippen molar-refractivity contribution in [1.82, 2.24) is 10.2 Å². The van der Waals surface area contributed by atoms with Crippen LogP contribution in [0.1, 0.15) is 38.2 Å². The van der Waals surface area contributed by atoms with Crippen LogP contribution in [0, 0.1) is 0 Å². The van der Waals surface area contributed by atoms with Crippen molar-refractivity contribution < 1.29 is 4.74 Å². The van der Waals surface area contributed by atoms with Gasteiger partial charge in [-0.05, 0) is 18.1 Å². The highest BCUT2D eigenvalue weighted by Crippen LogP contribution is 2.25. The van der Waals surface area contributed by atoms with Gasteiger partial charge in [-0.25, -0.2) is 0 Å². The minimum Gasteiger partial charge on any atom is -0.496 e. The van der Waals surface area contributed by atoms with Gasteiger partial charge in [0.1, 0.15) is 5.75 Å². The fourth-order valence-corrected chi connectivity index (χ4v) is 2.31. The van der Waals surface area contributed by atoms with Gasteiger partial charge < -0.3 is 15.0 Å². The molecule has 0 aromatic heterocycles. The maximum atomic E-state index is 5.43. The molecule has 1 unspecified atom stereocenters.